The maximum Gasteiger partial charge on any atom is 0.169 e. The minimum absolute atomic E-state index is 0.0479. The number of Topliss-reactive ketones (excluding diaryl/α,β-unsaturated/α-hetero) is 1. The lowest BCUT2D eigenvalue weighted by Gasteiger charge is -2.07. The van der Waals surface area contributed by atoms with Gasteiger partial charge in [-0.25, -0.2) is 0 Å². The highest BCUT2D eigenvalue weighted by Crippen LogP contribution is 2.39. The van der Waals surface area contributed by atoms with Gasteiger partial charge in [0.25, 0.3) is 0 Å². The Hall–Kier alpha value is -1.22. The number of halogens is 1. The van der Waals surface area contributed by atoms with Crippen LogP contribution in [0.3, 0.4) is 0 Å². The molecule has 0 atom stereocenters. The quantitative estimate of drug-likeness (QED) is 0.806. The standard InChI is InChI=1S/C11H11ClO3/c1-15-7-4-8(10(13)6-2-3-6)11(14)9(12)5-7/h4-6,14H,2-3H2,1H3. The number of phenolic OH excluding ortho intramolecular Hbond substituents is 1. The Balaban J connectivity index is 2.43. The van der Waals surface area contributed by atoms with Crippen molar-refractivity contribution in [2.45, 2.75) is 12.8 Å². The average molecular weight is 227 g/mol. The molecule has 1 N–H and O–H groups in total. The SMILES string of the molecule is COc1cc(Cl)c(O)c(C(=O)C2CC2)c1. The molecule has 0 amide bonds. The average Bonchev–Trinajstić information content (AvgIpc) is 3.04. The molecule has 0 heterocycles. The Bertz CT molecular complexity index is 411. The normalized spacial score (nSPS) is 15.1. The number of hydrogen-bond acceptors (Lipinski definition) is 3. The molecule has 1 aliphatic rings. The fourth-order valence-electron chi connectivity index (χ4n) is 1.45. The molecular formula is C11H11ClO3. The molecule has 0 radical (unpaired) electrons. The second kappa shape index (κ2) is 3.74. The molecule has 3 nitrogen and oxygen atoms in total. The summed E-state index contributed by atoms with van der Waals surface area (Å²) >= 11 is 5.78. The first-order valence-electron chi connectivity index (χ1n) is 4.74. The van der Waals surface area contributed by atoms with Crippen LogP contribution >= 0.6 is 11.6 Å². The summed E-state index contributed by atoms with van der Waals surface area (Å²) in [5, 5.41) is 9.81. The topological polar surface area (TPSA) is 46.5 Å². The molecule has 4 heteroatoms. The van der Waals surface area contributed by atoms with Crippen LogP contribution in [0, 0.1) is 5.92 Å². The summed E-state index contributed by atoms with van der Waals surface area (Å²) in [6, 6.07) is 3.02. The van der Waals surface area contributed by atoms with Crippen LogP contribution in [0.4, 0.5) is 0 Å². The van der Waals surface area contributed by atoms with Crippen LogP contribution in [-0.4, -0.2) is 18.0 Å². The molecule has 0 unspecified atom stereocenters. The summed E-state index contributed by atoms with van der Waals surface area (Å²) in [7, 11) is 1.49. The molecule has 80 valence electrons. The number of hydrogen-bond donors (Lipinski definition) is 1. The van der Waals surface area contributed by atoms with E-state index in [4.69, 9.17) is 16.3 Å². The van der Waals surface area contributed by atoms with Crippen molar-refractivity contribution >= 4 is 17.4 Å². The van der Waals surface area contributed by atoms with E-state index in [1.165, 1.54) is 19.2 Å². The van der Waals surface area contributed by atoms with Gasteiger partial charge in [-0.1, -0.05) is 11.6 Å². The van der Waals surface area contributed by atoms with Crippen LogP contribution in [0.5, 0.6) is 11.5 Å². The monoisotopic (exact) mass is 226 g/mol. The van der Waals surface area contributed by atoms with E-state index >= 15 is 0 Å². The van der Waals surface area contributed by atoms with Crippen molar-refractivity contribution in [2.24, 2.45) is 5.92 Å². The van der Waals surface area contributed by atoms with Gasteiger partial charge in [0.15, 0.2) is 5.78 Å². The number of aromatic hydroxyl groups is 1. The molecule has 0 bridgehead atoms. The van der Waals surface area contributed by atoms with Gasteiger partial charge in [0, 0.05) is 12.0 Å². The van der Waals surface area contributed by atoms with Gasteiger partial charge < -0.3 is 9.84 Å². The summed E-state index contributed by atoms with van der Waals surface area (Å²) in [6.07, 6.45) is 1.79. The van der Waals surface area contributed by atoms with Crippen LogP contribution in [0.15, 0.2) is 12.1 Å². The van der Waals surface area contributed by atoms with Crippen LogP contribution in [0.1, 0.15) is 23.2 Å². The second-order valence-electron chi connectivity index (χ2n) is 3.64. The van der Waals surface area contributed by atoms with Crippen molar-refractivity contribution in [3.63, 3.8) is 0 Å². The van der Waals surface area contributed by atoms with Gasteiger partial charge in [0.2, 0.25) is 0 Å². The van der Waals surface area contributed by atoms with Crippen molar-refractivity contribution in [1.29, 1.82) is 0 Å². The van der Waals surface area contributed by atoms with E-state index in [0.717, 1.165) is 12.8 Å². The molecule has 0 aromatic heterocycles. The Morgan fingerprint density at radius 2 is 2.20 bits per heavy atom. The Morgan fingerprint density at radius 3 is 2.73 bits per heavy atom. The molecule has 0 spiro atoms. The third-order valence-corrected chi connectivity index (χ3v) is 2.77. The summed E-state index contributed by atoms with van der Waals surface area (Å²) in [5.74, 6) is 0.350. The summed E-state index contributed by atoms with van der Waals surface area (Å²) in [6.45, 7) is 0. The Labute approximate surface area is 92.6 Å². The van der Waals surface area contributed by atoms with E-state index in [2.05, 4.69) is 0 Å². The van der Waals surface area contributed by atoms with Crippen LogP contribution < -0.4 is 4.74 Å². The highest BCUT2D eigenvalue weighted by atomic mass is 35.5. The highest BCUT2D eigenvalue weighted by molar-refractivity contribution is 6.32. The minimum Gasteiger partial charge on any atom is -0.506 e. The van der Waals surface area contributed by atoms with Gasteiger partial charge in [-0.15, -0.1) is 0 Å². The summed E-state index contributed by atoms with van der Waals surface area (Å²) in [4.78, 5) is 11.8. The molecule has 1 saturated carbocycles. The van der Waals surface area contributed by atoms with E-state index in [9.17, 15) is 9.90 Å². The van der Waals surface area contributed by atoms with E-state index < -0.39 is 0 Å². The van der Waals surface area contributed by atoms with Gasteiger partial charge in [0.1, 0.15) is 11.5 Å². The number of carbonyl (C=O) groups is 1. The predicted molar refractivity (Wildman–Crippen MR) is 56.7 cm³/mol. The predicted octanol–water partition coefficient (Wildman–Crippen LogP) is 2.65. The van der Waals surface area contributed by atoms with Crippen molar-refractivity contribution < 1.29 is 14.6 Å². The number of carbonyl (C=O) groups excluding carboxylic acids is 1. The van der Waals surface area contributed by atoms with Crippen LogP contribution in [0.25, 0.3) is 0 Å². The van der Waals surface area contributed by atoms with E-state index in [0.29, 0.717) is 5.75 Å². The smallest absolute Gasteiger partial charge is 0.169 e. The van der Waals surface area contributed by atoms with E-state index in [1.54, 1.807) is 0 Å². The summed E-state index contributed by atoms with van der Waals surface area (Å²) in [5.41, 5.74) is 0.266. The van der Waals surface area contributed by atoms with Crippen LogP contribution in [0.2, 0.25) is 5.02 Å². The number of phenols is 1. The van der Waals surface area contributed by atoms with Crippen molar-refractivity contribution in [2.75, 3.05) is 7.11 Å². The lowest BCUT2D eigenvalue weighted by molar-refractivity contribution is 0.0964. The van der Waals surface area contributed by atoms with Gasteiger partial charge >= 0.3 is 0 Å². The van der Waals surface area contributed by atoms with Crippen molar-refractivity contribution in [3.05, 3.63) is 22.7 Å². The number of rotatable bonds is 3. The number of benzene rings is 1. The van der Waals surface area contributed by atoms with Crippen molar-refractivity contribution in [1.82, 2.24) is 0 Å². The Kier molecular flexibility index (Phi) is 2.57. The lowest BCUT2D eigenvalue weighted by atomic mass is 10.1. The number of methoxy groups -OCH3 is 1. The first kappa shape index (κ1) is 10.3. The van der Waals surface area contributed by atoms with Gasteiger partial charge in [0.05, 0.1) is 17.7 Å². The van der Waals surface area contributed by atoms with Gasteiger partial charge in [-0.3, -0.25) is 4.79 Å². The zero-order chi connectivity index (χ0) is 11.0. The Morgan fingerprint density at radius 1 is 1.53 bits per heavy atom. The van der Waals surface area contributed by atoms with E-state index in [1.807, 2.05) is 0 Å². The fourth-order valence-corrected chi connectivity index (χ4v) is 1.65. The third kappa shape index (κ3) is 1.92. The molecule has 0 saturated heterocycles. The zero-order valence-electron chi connectivity index (χ0n) is 8.29. The van der Waals surface area contributed by atoms with Gasteiger partial charge in [-0.2, -0.15) is 0 Å². The van der Waals surface area contributed by atoms with Crippen molar-refractivity contribution in [3.8, 4) is 11.5 Å². The fraction of sp³-hybridized carbons (Fsp3) is 0.364. The lowest BCUT2D eigenvalue weighted by Crippen LogP contribution is -2.02. The maximum absolute atomic E-state index is 11.8. The molecule has 2 rings (SSSR count). The van der Waals surface area contributed by atoms with Gasteiger partial charge in [-0.05, 0) is 18.9 Å². The first-order chi connectivity index (χ1) is 7.13. The number of ether oxygens (including phenoxy) is 1. The first-order valence-corrected chi connectivity index (χ1v) is 5.12. The minimum atomic E-state index is -0.144. The third-order valence-electron chi connectivity index (χ3n) is 2.49. The molecule has 1 aromatic rings. The summed E-state index contributed by atoms with van der Waals surface area (Å²) < 4.78 is 4.99. The highest BCUT2D eigenvalue weighted by Gasteiger charge is 2.32. The van der Waals surface area contributed by atoms with E-state index in [-0.39, 0.29) is 28.0 Å². The largest absolute Gasteiger partial charge is 0.506 e. The zero-order valence-corrected chi connectivity index (χ0v) is 9.04. The van der Waals surface area contributed by atoms with Crippen LogP contribution in [-0.2, 0) is 0 Å². The molecule has 15 heavy (non-hydrogen) atoms. The molecule has 1 aromatic carbocycles. The molecule has 1 aliphatic carbocycles. The number of ketones is 1. The molecular weight excluding hydrogens is 216 g/mol. The molecule has 0 aliphatic heterocycles. The molecule has 1 fully saturated rings. The maximum atomic E-state index is 11.8. The second-order valence-corrected chi connectivity index (χ2v) is 4.05.